The summed E-state index contributed by atoms with van der Waals surface area (Å²) in [6.07, 6.45) is 9.25. The number of allylic oxidation sites excluding steroid dienone is 4. The van der Waals surface area contributed by atoms with Gasteiger partial charge in [-0.3, -0.25) is 4.79 Å². The van der Waals surface area contributed by atoms with Crippen molar-refractivity contribution in [3.05, 3.63) is 124 Å². The molecule has 6 heteroatoms. The van der Waals surface area contributed by atoms with E-state index in [1.54, 1.807) is 0 Å². The van der Waals surface area contributed by atoms with E-state index in [4.69, 9.17) is 0 Å². The Bertz CT molecular complexity index is 1540. The number of sulfonamides is 1. The second-order valence-electron chi connectivity index (χ2n) is 12.7. The molecule has 44 heavy (non-hydrogen) atoms. The van der Waals surface area contributed by atoms with Gasteiger partial charge in [0, 0.05) is 6.42 Å². The number of rotatable bonds is 13. The quantitative estimate of drug-likeness (QED) is 0.189. The van der Waals surface area contributed by atoms with Gasteiger partial charge < -0.3 is 5.32 Å². The van der Waals surface area contributed by atoms with Gasteiger partial charge in [0.2, 0.25) is 15.9 Å². The van der Waals surface area contributed by atoms with Gasteiger partial charge in [-0.1, -0.05) is 138 Å². The lowest BCUT2D eigenvalue weighted by Gasteiger charge is -2.31. The Morgan fingerprint density at radius 3 is 1.75 bits per heavy atom. The van der Waals surface area contributed by atoms with Crippen molar-refractivity contribution in [2.75, 3.05) is 0 Å². The van der Waals surface area contributed by atoms with Gasteiger partial charge in [0.1, 0.15) is 0 Å². The first-order valence-electron chi connectivity index (χ1n) is 15.9. The van der Waals surface area contributed by atoms with E-state index < -0.39 is 22.1 Å². The fraction of sp³-hybridized carbons (Fsp3) is 0.395. The lowest BCUT2D eigenvalue weighted by molar-refractivity contribution is -0.122. The zero-order chi connectivity index (χ0) is 31.9. The summed E-state index contributed by atoms with van der Waals surface area (Å²) in [5.41, 5.74) is 5.63. The molecule has 0 aliphatic heterocycles. The van der Waals surface area contributed by atoms with Gasteiger partial charge in [-0.25, -0.2) is 13.1 Å². The number of hydrogen-bond acceptors (Lipinski definition) is 3. The third kappa shape index (κ3) is 8.36. The van der Waals surface area contributed by atoms with Crippen LogP contribution in [0.1, 0.15) is 125 Å². The van der Waals surface area contributed by atoms with Crippen molar-refractivity contribution in [2.45, 2.75) is 102 Å². The molecule has 4 rings (SSSR count). The molecule has 3 aromatic carbocycles. The van der Waals surface area contributed by atoms with E-state index in [0.29, 0.717) is 17.7 Å². The summed E-state index contributed by atoms with van der Waals surface area (Å²) >= 11 is 0. The highest BCUT2D eigenvalue weighted by molar-refractivity contribution is 7.89. The topological polar surface area (TPSA) is 75.3 Å². The Kier molecular flexibility index (Phi) is 11.4. The fourth-order valence-electron chi connectivity index (χ4n) is 5.81. The van der Waals surface area contributed by atoms with Crippen LogP contribution in [0.5, 0.6) is 0 Å². The van der Waals surface area contributed by atoms with Crippen LogP contribution in [-0.4, -0.2) is 14.3 Å². The molecule has 234 valence electrons. The van der Waals surface area contributed by atoms with Crippen molar-refractivity contribution in [3.63, 3.8) is 0 Å². The Morgan fingerprint density at radius 1 is 0.727 bits per heavy atom. The van der Waals surface area contributed by atoms with Gasteiger partial charge in [0.15, 0.2) is 0 Å². The Morgan fingerprint density at radius 2 is 1.27 bits per heavy atom. The Hall–Kier alpha value is -3.48. The molecule has 0 aromatic heterocycles. The summed E-state index contributed by atoms with van der Waals surface area (Å²) in [4.78, 5) is 13.8. The smallest absolute Gasteiger partial charge is 0.241 e. The van der Waals surface area contributed by atoms with Crippen molar-refractivity contribution in [2.24, 2.45) is 0 Å². The van der Waals surface area contributed by atoms with Crippen molar-refractivity contribution in [1.29, 1.82) is 0 Å². The van der Waals surface area contributed by atoms with E-state index in [1.165, 1.54) is 5.57 Å². The molecule has 5 nitrogen and oxygen atoms in total. The van der Waals surface area contributed by atoms with Gasteiger partial charge >= 0.3 is 0 Å². The molecule has 0 spiro atoms. The largest absolute Gasteiger partial charge is 0.347 e. The first-order valence-corrected chi connectivity index (χ1v) is 17.4. The second-order valence-corrected chi connectivity index (χ2v) is 14.4. The standard InChI is InChI=1S/C38H48N2O3S/c1-26(2)32-24-33(27(3)4)38(34(25-32)28(5)6)44(42,43)40-37(31-20-14-9-15-21-31)36(30-18-12-8-13-19-30)39-35(41)23-22-29-16-10-7-11-17-29/h7-10,12-15,17-21,24-28,36-37,40H,11,16,22-23H2,1-6H3,(H,39,41). The van der Waals surface area contributed by atoms with E-state index >= 15 is 0 Å². The predicted octanol–water partition coefficient (Wildman–Crippen LogP) is 8.99. The molecular formula is C38H48N2O3S. The molecule has 1 aliphatic carbocycles. The molecule has 0 fully saturated rings. The average molecular weight is 613 g/mol. The monoisotopic (exact) mass is 612 g/mol. The van der Waals surface area contributed by atoms with Crippen LogP contribution >= 0.6 is 0 Å². The molecule has 1 aliphatic rings. The molecule has 2 unspecified atom stereocenters. The molecular weight excluding hydrogens is 564 g/mol. The third-order valence-electron chi connectivity index (χ3n) is 8.36. The number of carbonyl (C=O) groups is 1. The van der Waals surface area contributed by atoms with Crippen LogP contribution in [0.25, 0.3) is 0 Å². The normalized spacial score (nSPS) is 15.0. The van der Waals surface area contributed by atoms with E-state index in [2.05, 4.69) is 54.2 Å². The maximum absolute atomic E-state index is 14.7. The molecule has 0 saturated heterocycles. The van der Waals surface area contributed by atoms with Gasteiger partial charge in [-0.15, -0.1) is 0 Å². The van der Waals surface area contributed by atoms with Crippen molar-refractivity contribution in [3.8, 4) is 0 Å². The Balaban J connectivity index is 1.79. The third-order valence-corrected chi connectivity index (χ3v) is 9.93. The molecule has 0 heterocycles. The lowest BCUT2D eigenvalue weighted by Crippen LogP contribution is -2.41. The summed E-state index contributed by atoms with van der Waals surface area (Å²) in [7, 11) is -4.04. The van der Waals surface area contributed by atoms with Gasteiger partial charge in [0.25, 0.3) is 0 Å². The Labute approximate surface area is 264 Å². The lowest BCUT2D eigenvalue weighted by atomic mass is 9.89. The molecule has 1 amide bonds. The summed E-state index contributed by atoms with van der Waals surface area (Å²) in [6.45, 7) is 12.4. The maximum atomic E-state index is 14.7. The first-order chi connectivity index (χ1) is 21.0. The van der Waals surface area contributed by atoms with Crippen molar-refractivity contribution < 1.29 is 13.2 Å². The summed E-state index contributed by atoms with van der Waals surface area (Å²) in [5.74, 6) is 0.161. The van der Waals surface area contributed by atoms with Crippen LogP contribution in [0.3, 0.4) is 0 Å². The van der Waals surface area contributed by atoms with Crippen LogP contribution in [0, 0.1) is 0 Å². The highest BCUT2D eigenvalue weighted by Crippen LogP contribution is 2.37. The van der Waals surface area contributed by atoms with E-state index in [9.17, 15) is 13.2 Å². The van der Waals surface area contributed by atoms with E-state index in [-0.39, 0.29) is 23.7 Å². The molecule has 0 radical (unpaired) electrons. The number of amides is 1. The molecule has 3 aromatic rings. The molecule has 0 saturated carbocycles. The zero-order valence-electron chi connectivity index (χ0n) is 27.0. The highest BCUT2D eigenvalue weighted by Gasteiger charge is 2.34. The first kappa shape index (κ1) is 33.4. The minimum Gasteiger partial charge on any atom is -0.347 e. The van der Waals surface area contributed by atoms with Crippen LogP contribution in [0.4, 0.5) is 0 Å². The highest BCUT2D eigenvalue weighted by atomic mass is 32.2. The SMILES string of the molecule is CC(C)c1cc(C(C)C)c(S(=O)(=O)NC(c2ccccc2)C(NC(=O)CCC2=CCC=CC2)c2ccccc2)c(C(C)C)c1. The molecule has 2 N–H and O–H groups in total. The zero-order valence-corrected chi connectivity index (χ0v) is 27.8. The fourth-order valence-corrected chi connectivity index (χ4v) is 7.74. The van der Waals surface area contributed by atoms with Crippen LogP contribution in [0.2, 0.25) is 0 Å². The number of benzene rings is 3. The van der Waals surface area contributed by atoms with Crippen LogP contribution < -0.4 is 10.0 Å². The number of carbonyl (C=O) groups excluding carboxylic acids is 1. The van der Waals surface area contributed by atoms with Gasteiger partial charge in [0.05, 0.1) is 17.0 Å². The number of hydrogen-bond donors (Lipinski definition) is 2. The van der Waals surface area contributed by atoms with E-state index in [0.717, 1.165) is 40.7 Å². The maximum Gasteiger partial charge on any atom is 0.241 e. The molecule has 2 atom stereocenters. The predicted molar refractivity (Wildman–Crippen MR) is 181 cm³/mol. The summed E-state index contributed by atoms with van der Waals surface area (Å²) in [6, 6.07) is 22.0. The van der Waals surface area contributed by atoms with Gasteiger partial charge in [-0.05, 0) is 64.8 Å². The summed E-state index contributed by atoms with van der Waals surface area (Å²) in [5, 5.41) is 3.23. The van der Waals surface area contributed by atoms with Crippen molar-refractivity contribution in [1.82, 2.24) is 10.0 Å². The second kappa shape index (κ2) is 15.0. The average Bonchev–Trinajstić information content (AvgIpc) is 3.02. The summed E-state index contributed by atoms with van der Waals surface area (Å²) < 4.78 is 32.4. The van der Waals surface area contributed by atoms with Crippen molar-refractivity contribution >= 4 is 15.9 Å². The van der Waals surface area contributed by atoms with Crippen LogP contribution in [-0.2, 0) is 14.8 Å². The minimum atomic E-state index is -4.04. The molecule has 0 bridgehead atoms. The van der Waals surface area contributed by atoms with E-state index in [1.807, 2.05) is 88.4 Å². The number of nitrogens with one attached hydrogen (secondary N) is 2. The van der Waals surface area contributed by atoms with Crippen LogP contribution in [0.15, 0.2) is 101 Å². The minimum absolute atomic E-state index is 0.00140. The van der Waals surface area contributed by atoms with Gasteiger partial charge in [-0.2, -0.15) is 0 Å².